The molecule has 8 atom stereocenters. The predicted molar refractivity (Wildman–Crippen MR) is 165 cm³/mol. The molecular formula is C35H34O14. The quantitative estimate of drug-likeness (QED) is 0.231. The van der Waals surface area contributed by atoms with Crippen LogP contribution in [-0.4, -0.2) is 97.4 Å². The van der Waals surface area contributed by atoms with Crippen LogP contribution in [0.5, 0.6) is 0 Å². The summed E-state index contributed by atoms with van der Waals surface area (Å²) in [5.74, 6) is -3.91. The SMILES string of the molecule is CC(=O)O[C@@H]1[C@H](OC(C)=O)[C@H](O)OC[C@@H]1O[C@@H]1O[C@H](COC(=O)c2ccccc2)[C@H](OC(=O)c2ccccc2)[C@@H]1OC(=O)c1ccccc1. The van der Waals surface area contributed by atoms with E-state index in [1.165, 1.54) is 24.3 Å². The minimum Gasteiger partial charge on any atom is -0.459 e. The van der Waals surface area contributed by atoms with Gasteiger partial charge in [0.1, 0.15) is 18.8 Å². The van der Waals surface area contributed by atoms with Crippen molar-refractivity contribution in [2.75, 3.05) is 13.2 Å². The second-order valence-electron chi connectivity index (χ2n) is 11.0. The summed E-state index contributed by atoms with van der Waals surface area (Å²) in [6.45, 7) is 1.34. The van der Waals surface area contributed by atoms with Gasteiger partial charge in [0.25, 0.3) is 0 Å². The molecule has 5 rings (SSSR count). The monoisotopic (exact) mass is 678 g/mol. The molecule has 0 radical (unpaired) electrons. The van der Waals surface area contributed by atoms with Gasteiger partial charge in [-0.25, -0.2) is 14.4 Å². The number of hydrogen-bond donors (Lipinski definition) is 1. The highest BCUT2D eigenvalue weighted by molar-refractivity contribution is 5.91. The van der Waals surface area contributed by atoms with E-state index in [2.05, 4.69) is 0 Å². The number of carbonyl (C=O) groups is 5. The Balaban J connectivity index is 1.47. The molecule has 14 heteroatoms. The van der Waals surface area contributed by atoms with E-state index in [-0.39, 0.29) is 16.7 Å². The Kier molecular flexibility index (Phi) is 11.7. The Morgan fingerprint density at radius 1 is 0.633 bits per heavy atom. The van der Waals surface area contributed by atoms with Gasteiger partial charge in [0.2, 0.25) is 0 Å². The van der Waals surface area contributed by atoms with Crippen molar-refractivity contribution < 1.29 is 67.0 Å². The van der Waals surface area contributed by atoms with Crippen molar-refractivity contribution in [1.29, 1.82) is 0 Å². The van der Waals surface area contributed by atoms with Gasteiger partial charge in [-0.2, -0.15) is 0 Å². The average molecular weight is 679 g/mol. The minimum absolute atomic E-state index is 0.158. The first-order valence-electron chi connectivity index (χ1n) is 15.3. The van der Waals surface area contributed by atoms with Gasteiger partial charge >= 0.3 is 29.8 Å². The molecule has 14 nitrogen and oxygen atoms in total. The summed E-state index contributed by atoms with van der Waals surface area (Å²) in [6.07, 6.45) is -11.5. The standard InChI is InChI=1S/C35H34O14/c1-20(36)44-27-25(19-43-34(41)29(27)45-21(2)37)46-35-30(49-33(40)24-16-10-5-11-17-24)28(48-32(39)23-14-8-4-9-15-23)26(47-35)18-42-31(38)22-12-6-3-7-13-22/h3-17,25-30,34-35,41H,18-19H2,1-2H3/t25-,26+,27-,28-,29-,30-,34+,35+/m0/s1. The van der Waals surface area contributed by atoms with Gasteiger partial charge < -0.3 is 43.0 Å². The summed E-state index contributed by atoms with van der Waals surface area (Å²) < 4.78 is 45.5. The van der Waals surface area contributed by atoms with Gasteiger partial charge in [-0.1, -0.05) is 54.6 Å². The van der Waals surface area contributed by atoms with Crippen LogP contribution in [0.25, 0.3) is 0 Å². The summed E-state index contributed by atoms with van der Waals surface area (Å²) in [7, 11) is 0. The molecule has 49 heavy (non-hydrogen) atoms. The first-order chi connectivity index (χ1) is 23.6. The maximum absolute atomic E-state index is 13.4. The van der Waals surface area contributed by atoms with Crippen molar-refractivity contribution in [1.82, 2.24) is 0 Å². The minimum atomic E-state index is -1.67. The third-order valence-electron chi connectivity index (χ3n) is 7.48. The molecular weight excluding hydrogens is 644 g/mol. The number of benzene rings is 3. The zero-order valence-corrected chi connectivity index (χ0v) is 26.4. The van der Waals surface area contributed by atoms with Crippen molar-refractivity contribution in [3.05, 3.63) is 108 Å². The Bertz CT molecular complexity index is 1600. The molecule has 2 saturated heterocycles. The van der Waals surface area contributed by atoms with Gasteiger partial charge in [-0.05, 0) is 36.4 Å². The molecule has 2 aliphatic heterocycles. The van der Waals surface area contributed by atoms with Crippen LogP contribution in [0.1, 0.15) is 44.9 Å². The van der Waals surface area contributed by atoms with Crippen LogP contribution in [0, 0.1) is 0 Å². The lowest BCUT2D eigenvalue weighted by Gasteiger charge is -2.40. The molecule has 2 fully saturated rings. The first kappa shape index (κ1) is 35.2. The molecule has 0 saturated carbocycles. The van der Waals surface area contributed by atoms with Gasteiger partial charge in [-0.15, -0.1) is 0 Å². The van der Waals surface area contributed by atoms with Crippen molar-refractivity contribution >= 4 is 29.8 Å². The van der Waals surface area contributed by atoms with Gasteiger partial charge in [0.05, 0.1) is 23.3 Å². The highest BCUT2D eigenvalue weighted by Gasteiger charge is 2.54. The van der Waals surface area contributed by atoms with E-state index in [1.54, 1.807) is 66.7 Å². The summed E-state index contributed by atoms with van der Waals surface area (Å²) in [5.41, 5.74) is 0.579. The molecule has 0 unspecified atom stereocenters. The fourth-order valence-electron chi connectivity index (χ4n) is 5.25. The number of esters is 5. The lowest BCUT2D eigenvalue weighted by atomic mass is 10.0. The maximum Gasteiger partial charge on any atom is 0.338 e. The number of aliphatic hydroxyl groups is 1. The van der Waals surface area contributed by atoms with Crippen LogP contribution in [0.4, 0.5) is 0 Å². The van der Waals surface area contributed by atoms with E-state index in [9.17, 15) is 29.1 Å². The molecule has 0 amide bonds. The van der Waals surface area contributed by atoms with Crippen LogP contribution < -0.4 is 0 Å². The summed E-state index contributed by atoms with van der Waals surface area (Å²) in [5, 5.41) is 10.4. The molecule has 2 aliphatic rings. The van der Waals surface area contributed by atoms with E-state index in [0.717, 1.165) is 13.8 Å². The lowest BCUT2D eigenvalue weighted by Crippen LogP contribution is -2.58. The largest absolute Gasteiger partial charge is 0.459 e. The Labute approximate surface area is 280 Å². The second kappa shape index (κ2) is 16.3. The number of ether oxygens (including phenoxy) is 8. The number of rotatable bonds is 11. The van der Waals surface area contributed by atoms with E-state index in [4.69, 9.17) is 37.9 Å². The van der Waals surface area contributed by atoms with Crippen LogP contribution in [0.3, 0.4) is 0 Å². The zero-order chi connectivity index (χ0) is 34.9. The molecule has 258 valence electrons. The van der Waals surface area contributed by atoms with Gasteiger partial charge in [0.15, 0.2) is 37.0 Å². The Hall–Kier alpha value is -5.15. The normalized spacial score (nSPS) is 26.2. The summed E-state index contributed by atoms with van der Waals surface area (Å²) in [4.78, 5) is 63.5. The number of hydrogen-bond acceptors (Lipinski definition) is 14. The predicted octanol–water partition coefficient (Wildman–Crippen LogP) is 2.62. The highest BCUT2D eigenvalue weighted by atomic mass is 16.8. The molecule has 0 bridgehead atoms. The van der Waals surface area contributed by atoms with Crippen molar-refractivity contribution in [3.63, 3.8) is 0 Å². The molecule has 2 heterocycles. The Morgan fingerprint density at radius 3 is 1.61 bits per heavy atom. The Morgan fingerprint density at radius 2 is 1.10 bits per heavy atom. The first-order valence-corrected chi connectivity index (χ1v) is 15.3. The lowest BCUT2D eigenvalue weighted by molar-refractivity contribution is -0.297. The van der Waals surface area contributed by atoms with Crippen LogP contribution in [-0.2, 0) is 47.5 Å². The number of aliphatic hydroxyl groups excluding tert-OH is 1. The smallest absolute Gasteiger partial charge is 0.338 e. The van der Waals surface area contributed by atoms with Crippen LogP contribution >= 0.6 is 0 Å². The van der Waals surface area contributed by atoms with E-state index >= 15 is 0 Å². The molecule has 3 aromatic carbocycles. The van der Waals surface area contributed by atoms with E-state index < -0.39 is 92.3 Å². The fraction of sp³-hybridized carbons (Fsp3) is 0.343. The third-order valence-corrected chi connectivity index (χ3v) is 7.48. The molecule has 0 aromatic heterocycles. The van der Waals surface area contributed by atoms with Crippen molar-refractivity contribution in [3.8, 4) is 0 Å². The fourth-order valence-corrected chi connectivity index (χ4v) is 5.25. The highest BCUT2D eigenvalue weighted by Crippen LogP contribution is 2.33. The van der Waals surface area contributed by atoms with E-state index in [1.807, 2.05) is 0 Å². The van der Waals surface area contributed by atoms with Gasteiger partial charge in [0, 0.05) is 13.8 Å². The molecule has 3 aromatic rings. The second-order valence-corrected chi connectivity index (χ2v) is 11.0. The summed E-state index contributed by atoms with van der Waals surface area (Å²) in [6, 6.07) is 24.1. The third kappa shape index (κ3) is 9.06. The number of carbonyl (C=O) groups excluding carboxylic acids is 5. The maximum atomic E-state index is 13.4. The van der Waals surface area contributed by atoms with Crippen LogP contribution in [0.15, 0.2) is 91.0 Å². The average Bonchev–Trinajstić information content (AvgIpc) is 3.41. The van der Waals surface area contributed by atoms with Gasteiger partial charge in [-0.3, -0.25) is 9.59 Å². The zero-order valence-electron chi connectivity index (χ0n) is 26.4. The van der Waals surface area contributed by atoms with Crippen molar-refractivity contribution in [2.24, 2.45) is 0 Å². The molecule has 1 N–H and O–H groups in total. The van der Waals surface area contributed by atoms with Crippen molar-refractivity contribution in [2.45, 2.75) is 63.1 Å². The van der Waals surface area contributed by atoms with E-state index in [0.29, 0.717) is 0 Å². The topological polar surface area (TPSA) is 179 Å². The molecule has 0 aliphatic carbocycles. The summed E-state index contributed by atoms with van der Waals surface area (Å²) >= 11 is 0. The van der Waals surface area contributed by atoms with Crippen LogP contribution in [0.2, 0.25) is 0 Å². The molecule has 0 spiro atoms.